The maximum absolute atomic E-state index is 13.9. The zero-order chi connectivity index (χ0) is 21.4. The van der Waals surface area contributed by atoms with Gasteiger partial charge in [-0.1, -0.05) is 54.5 Å². The number of rotatable bonds is 9. The van der Waals surface area contributed by atoms with Crippen LogP contribution in [-0.2, 0) is 11.3 Å². The van der Waals surface area contributed by atoms with Gasteiger partial charge in [0.25, 0.3) is 5.91 Å². The Morgan fingerprint density at radius 2 is 2.00 bits per heavy atom. The Hall–Kier alpha value is -2.61. The molecule has 2 unspecified atom stereocenters. The van der Waals surface area contributed by atoms with E-state index < -0.39 is 11.8 Å². The van der Waals surface area contributed by atoms with E-state index in [0.29, 0.717) is 31.0 Å². The molecule has 1 aromatic heterocycles. The summed E-state index contributed by atoms with van der Waals surface area (Å²) in [7, 11) is 0. The van der Waals surface area contributed by atoms with Crippen LogP contribution in [0.1, 0.15) is 55.7 Å². The summed E-state index contributed by atoms with van der Waals surface area (Å²) in [6, 6.07) is 8.66. The van der Waals surface area contributed by atoms with E-state index in [4.69, 9.17) is 0 Å². The molecule has 1 aliphatic carbocycles. The zero-order valence-corrected chi connectivity index (χ0v) is 16.9. The molecule has 1 aromatic carbocycles. The highest BCUT2D eigenvalue weighted by molar-refractivity contribution is 5.86. The maximum Gasteiger partial charge on any atom is 0.343 e. The van der Waals surface area contributed by atoms with Crippen molar-refractivity contribution in [3.05, 3.63) is 53.9 Å². The highest BCUT2D eigenvalue weighted by Crippen LogP contribution is 2.31. The minimum Gasteiger partial charge on any atom is -0.392 e. The van der Waals surface area contributed by atoms with Gasteiger partial charge >= 0.3 is 5.92 Å². The normalized spacial score (nSPS) is 19.8. The number of hydrogen-bond acceptors (Lipinski definition) is 4. The fraction of sp³-hybridized carbons (Fsp3) is 0.500. The first-order valence-electron chi connectivity index (χ1n) is 10.4. The summed E-state index contributed by atoms with van der Waals surface area (Å²) in [5, 5.41) is 20.7. The first-order valence-corrected chi connectivity index (χ1v) is 10.4. The second-order valence-electron chi connectivity index (χ2n) is 7.69. The molecule has 0 aliphatic heterocycles. The van der Waals surface area contributed by atoms with Crippen LogP contribution in [0, 0.1) is 0 Å². The Morgan fingerprint density at radius 3 is 2.77 bits per heavy atom. The van der Waals surface area contributed by atoms with E-state index in [1.165, 1.54) is 6.08 Å². The van der Waals surface area contributed by atoms with E-state index >= 15 is 0 Å². The number of aliphatic hydroxyl groups is 1. The third-order valence-electron chi connectivity index (χ3n) is 5.35. The first kappa shape index (κ1) is 22.1. The van der Waals surface area contributed by atoms with Gasteiger partial charge in [-0.25, -0.2) is 0 Å². The van der Waals surface area contributed by atoms with Gasteiger partial charge in [0.1, 0.15) is 0 Å². The third-order valence-corrected chi connectivity index (χ3v) is 5.35. The summed E-state index contributed by atoms with van der Waals surface area (Å²) in [5.41, 5.74) is 1.42. The number of carbonyl (C=O) groups is 1. The molecule has 6 nitrogen and oxygen atoms in total. The fourth-order valence-corrected chi connectivity index (χ4v) is 3.61. The van der Waals surface area contributed by atoms with E-state index in [1.807, 2.05) is 6.20 Å². The number of unbranched alkanes of at least 4 members (excludes halogenated alkanes) is 1. The predicted octanol–water partition coefficient (Wildman–Crippen LogP) is 3.54. The molecule has 1 fully saturated rings. The minimum absolute atomic E-state index is 0.0398. The first-order chi connectivity index (χ1) is 14.5. The average Bonchev–Trinajstić information content (AvgIpc) is 3.21. The molecule has 2 aromatic rings. The highest BCUT2D eigenvalue weighted by atomic mass is 19.3. The molecule has 0 radical (unpaired) electrons. The Bertz CT molecular complexity index is 839. The lowest BCUT2D eigenvalue weighted by Crippen LogP contribution is -2.39. The number of nitrogens with zero attached hydrogens (tertiary/aromatic N) is 3. The van der Waals surface area contributed by atoms with Crippen LogP contribution < -0.4 is 5.32 Å². The standard InChI is InChI=1S/C22H28F2N4O2/c23-22(24,13-12-17-8-2-1-3-9-17)21(30)25-14-6-7-15-28-16-19(26-27-28)18-10-4-5-11-20(18)29/h1-3,8-9,12-13,16,18,20,29H,4-7,10-11,14-15H2,(H,25,30)/b13-12+. The number of nitrogens with one attached hydrogen (secondary N) is 1. The molecule has 30 heavy (non-hydrogen) atoms. The molecule has 1 amide bonds. The molecule has 1 heterocycles. The zero-order valence-electron chi connectivity index (χ0n) is 16.9. The Balaban J connectivity index is 1.37. The number of aromatic nitrogens is 3. The largest absolute Gasteiger partial charge is 0.392 e. The van der Waals surface area contributed by atoms with Crippen molar-refractivity contribution in [1.29, 1.82) is 0 Å². The van der Waals surface area contributed by atoms with Gasteiger partial charge in [0, 0.05) is 25.2 Å². The lowest BCUT2D eigenvalue weighted by molar-refractivity contribution is -0.139. The summed E-state index contributed by atoms with van der Waals surface area (Å²) < 4.78 is 29.6. The molecule has 2 atom stereocenters. The summed E-state index contributed by atoms with van der Waals surface area (Å²) in [5.74, 6) is -4.82. The van der Waals surface area contributed by atoms with Gasteiger partial charge in [-0.3, -0.25) is 9.48 Å². The maximum atomic E-state index is 13.9. The second kappa shape index (κ2) is 10.4. The van der Waals surface area contributed by atoms with Gasteiger partial charge in [0.2, 0.25) is 0 Å². The summed E-state index contributed by atoms with van der Waals surface area (Å²) in [4.78, 5) is 11.8. The monoisotopic (exact) mass is 418 g/mol. The molecule has 0 spiro atoms. The number of amides is 1. The average molecular weight is 418 g/mol. The molecule has 1 aliphatic rings. The predicted molar refractivity (Wildman–Crippen MR) is 110 cm³/mol. The molecule has 2 N–H and O–H groups in total. The molecule has 8 heteroatoms. The SMILES string of the molecule is O=C(NCCCCn1cc(C2CCCCC2O)nn1)C(F)(F)/C=C/c1ccccc1. The van der Waals surface area contributed by atoms with Crippen LogP contribution >= 0.6 is 0 Å². The Morgan fingerprint density at radius 1 is 1.23 bits per heavy atom. The van der Waals surface area contributed by atoms with E-state index in [9.17, 15) is 18.7 Å². The third kappa shape index (κ3) is 6.19. The van der Waals surface area contributed by atoms with Crippen LogP contribution in [0.5, 0.6) is 0 Å². The second-order valence-corrected chi connectivity index (χ2v) is 7.69. The molecular formula is C22H28F2N4O2. The van der Waals surface area contributed by atoms with Gasteiger partial charge < -0.3 is 10.4 Å². The van der Waals surface area contributed by atoms with Gasteiger partial charge in [-0.2, -0.15) is 8.78 Å². The van der Waals surface area contributed by atoms with Crippen LogP contribution in [0.3, 0.4) is 0 Å². The summed E-state index contributed by atoms with van der Waals surface area (Å²) in [6.07, 6.45) is 8.39. The van der Waals surface area contributed by atoms with Crippen molar-refractivity contribution in [3.63, 3.8) is 0 Å². The quantitative estimate of drug-likeness (QED) is 0.611. The summed E-state index contributed by atoms with van der Waals surface area (Å²) >= 11 is 0. The number of aliphatic hydroxyl groups excluding tert-OH is 1. The molecule has 1 saturated carbocycles. The van der Waals surface area contributed by atoms with Crippen molar-refractivity contribution < 1.29 is 18.7 Å². The lowest BCUT2D eigenvalue weighted by atomic mass is 9.85. The lowest BCUT2D eigenvalue weighted by Gasteiger charge is -2.25. The van der Waals surface area contributed by atoms with Crippen molar-refractivity contribution >= 4 is 12.0 Å². The van der Waals surface area contributed by atoms with Crippen molar-refractivity contribution in [2.24, 2.45) is 0 Å². The van der Waals surface area contributed by atoms with Crippen LogP contribution in [-0.4, -0.2) is 44.6 Å². The molecule has 162 valence electrons. The van der Waals surface area contributed by atoms with E-state index in [1.54, 1.807) is 35.0 Å². The topological polar surface area (TPSA) is 80.0 Å². The van der Waals surface area contributed by atoms with Gasteiger partial charge in [0.15, 0.2) is 0 Å². The molecule has 0 saturated heterocycles. The van der Waals surface area contributed by atoms with Crippen LogP contribution in [0.15, 0.2) is 42.6 Å². The Kier molecular flexibility index (Phi) is 7.68. The number of carbonyl (C=O) groups excluding carboxylic acids is 1. The van der Waals surface area contributed by atoms with Gasteiger partial charge in [0.05, 0.1) is 11.8 Å². The minimum atomic E-state index is -3.56. The van der Waals surface area contributed by atoms with E-state index in [0.717, 1.165) is 31.4 Å². The van der Waals surface area contributed by atoms with Crippen molar-refractivity contribution in [2.45, 2.75) is 63.0 Å². The fourth-order valence-electron chi connectivity index (χ4n) is 3.61. The van der Waals surface area contributed by atoms with Gasteiger partial charge in [-0.15, -0.1) is 5.10 Å². The number of halogens is 2. The smallest absolute Gasteiger partial charge is 0.343 e. The van der Waals surface area contributed by atoms with Crippen LogP contribution in [0.4, 0.5) is 8.78 Å². The van der Waals surface area contributed by atoms with E-state index in [2.05, 4.69) is 15.6 Å². The number of aryl methyl sites for hydroxylation is 1. The van der Waals surface area contributed by atoms with E-state index in [-0.39, 0.29) is 18.6 Å². The molecule has 3 rings (SSSR count). The summed E-state index contributed by atoms with van der Waals surface area (Å²) in [6.45, 7) is 0.743. The highest BCUT2D eigenvalue weighted by Gasteiger charge is 2.35. The Labute approximate surface area is 175 Å². The van der Waals surface area contributed by atoms with Crippen LogP contribution in [0.2, 0.25) is 0 Å². The van der Waals surface area contributed by atoms with Gasteiger partial charge in [-0.05, 0) is 37.3 Å². The number of benzene rings is 1. The number of alkyl halides is 2. The van der Waals surface area contributed by atoms with Crippen LogP contribution in [0.25, 0.3) is 6.08 Å². The number of hydrogen-bond donors (Lipinski definition) is 2. The van der Waals surface area contributed by atoms with Crippen molar-refractivity contribution in [2.75, 3.05) is 6.54 Å². The molecule has 0 bridgehead atoms. The molecular weight excluding hydrogens is 390 g/mol. The van der Waals surface area contributed by atoms with Crippen molar-refractivity contribution in [3.8, 4) is 0 Å². The van der Waals surface area contributed by atoms with Crippen molar-refractivity contribution in [1.82, 2.24) is 20.3 Å².